The first-order valence-electron chi connectivity index (χ1n) is 5.46. The van der Waals surface area contributed by atoms with Gasteiger partial charge in [0.2, 0.25) is 0 Å². The van der Waals surface area contributed by atoms with Gasteiger partial charge in [0.25, 0.3) is 0 Å². The van der Waals surface area contributed by atoms with E-state index in [0.29, 0.717) is 13.1 Å². The number of nitrogens with zero attached hydrogens (tertiary/aromatic N) is 2. The number of rotatable bonds is 3. The molecule has 1 aliphatic carbocycles. The molecule has 2 N–H and O–H groups in total. The molecule has 0 aromatic carbocycles. The number of aliphatic hydroxyl groups is 1. The Morgan fingerprint density at radius 2 is 1.80 bits per heavy atom. The molecule has 0 atom stereocenters. The molecule has 0 aromatic heterocycles. The van der Waals surface area contributed by atoms with E-state index in [9.17, 15) is 9.90 Å². The van der Waals surface area contributed by atoms with E-state index in [4.69, 9.17) is 5.11 Å². The summed E-state index contributed by atoms with van der Waals surface area (Å²) in [4.78, 5) is 14.4. The second-order valence-corrected chi connectivity index (χ2v) is 4.70. The molecule has 0 aromatic rings. The first kappa shape index (κ1) is 10.7. The highest BCUT2D eigenvalue weighted by Gasteiger charge is 2.43. The number of hydrogen-bond acceptors (Lipinski definition) is 3. The number of piperazine rings is 1. The highest BCUT2D eigenvalue weighted by Crippen LogP contribution is 2.45. The molecule has 0 radical (unpaired) electrons. The summed E-state index contributed by atoms with van der Waals surface area (Å²) in [6.45, 7) is 3.99. The van der Waals surface area contributed by atoms with E-state index in [0.717, 1.165) is 32.5 Å². The maximum absolute atomic E-state index is 10.7. The first-order chi connectivity index (χ1) is 7.15. The summed E-state index contributed by atoms with van der Waals surface area (Å²) in [6, 6.07) is 0. The molecule has 1 heterocycles. The van der Waals surface area contributed by atoms with Crippen LogP contribution in [0, 0.1) is 5.41 Å². The highest BCUT2D eigenvalue weighted by molar-refractivity contribution is 5.65. The zero-order chi connectivity index (χ0) is 10.9. The van der Waals surface area contributed by atoms with Crippen molar-refractivity contribution in [3.63, 3.8) is 0 Å². The van der Waals surface area contributed by atoms with Crippen molar-refractivity contribution in [2.24, 2.45) is 5.41 Å². The monoisotopic (exact) mass is 214 g/mol. The lowest BCUT2D eigenvalue weighted by Crippen LogP contribution is -2.49. The van der Waals surface area contributed by atoms with E-state index in [2.05, 4.69) is 4.90 Å². The quantitative estimate of drug-likeness (QED) is 0.697. The van der Waals surface area contributed by atoms with Crippen LogP contribution >= 0.6 is 0 Å². The largest absolute Gasteiger partial charge is 0.465 e. The van der Waals surface area contributed by atoms with Crippen LogP contribution in [-0.4, -0.2) is 65.4 Å². The Kier molecular flexibility index (Phi) is 2.84. The van der Waals surface area contributed by atoms with Crippen LogP contribution < -0.4 is 0 Å². The molecule has 0 spiro atoms. The van der Waals surface area contributed by atoms with Crippen LogP contribution in [0.25, 0.3) is 0 Å². The smallest absolute Gasteiger partial charge is 0.407 e. The Balaban J connectivity index is 1.76. The van der Waals surface area contributed by atoms with Crippen molar-refractivity contribution in [2.45, 2.75) is 12.8 Å². The lowest BCUT2D eigenvalue weighted by molar-refractivity contribution is 0.0842. The van der Waals surface area contributed by atoms with Gasteiger partial charge in [0.05, 0.1) is 0 Å². The molecule has 1 saturated carbocycles. The standard InChI is InChI=1S/C10H18N2O3/c13-8-10(1-2-10)7-11-3-5-12(6-4-11)9(14)15/h13H,1-8H2,(H,14,15). The third-order valence-electron chi connectivity index (χ3n) is 3.49. The van der Waals surface area contributed by atoms with Crippen molar-refractivity contribution in [1.29, 1.82) is 0 Å². The molecule has 5 nitrogen and oxygen atoms in total. The SMILES string of the molecule is O=C(O)N1CCN(CC2(CO)CC2)CC1. The average Bonchev–Trinajstić information content (AvgIpc) is 2.99. The van der Waals surface area contributed by atoms with Crippen molar-refractivity contribution < 1.29 is 15.0 Å². The van der Waals surface area contributed by atoms with Gasteiger partial charge in [0, 0.05) is 44.7 Å². The van der Waals surface area contributed by atoms with E-state index < -0.39 is 6.09 Å². The van der Waals surface area contributed by atoms with Gasteiger partial charge < -0.3 is 15.1 Å². The van der Waals surface area contributed by atoms with Crippen LogP contribution in [0.3, 0.4) is 0 Å². The van der Waals surface area contributed by atoms with Gasteiger partial charge >= 0.3 is 6.09 Å². The zero-order valence-electron chi connectivity index (χ0n) is 8.85. The van der Waals surface area contributed by atoms with Gasteiger partial charge in [-0.05, 0) is 12.8 Å². The number of amides is 1. The fraction of sp³-hybridized carbons (Fsp3) is 0.900. The molecule has 15 heavy (non-hydrogen) atoms. The number of carboxylic acid groups (broad SMARTS) is 1. The Morgan fingerprint density at radius 1 is 1.20 bits per heavy atom. The second-order valence-electron chi connectivity index (χ2n) is 4.70. The molecule has 86 valence electrons. The summed E-state index contributed by atoms with van der Waals surface area (Å²) >= 11 is 0. The van der Waals surface area contributed by atoms with E-state index in [1.807, 2.05) is 0 Å². The van der Waals surface area contributed by atoms with Crippen LogP contribution in [0.2, 0.25) is 0 Å². The Hall–Kier alpha value is -0.810. The fourth-order valence-corrected chi connectivity index (χ4v) is 2.11. The normalized spacial score (nSPS) is 25.3. The molecule has 1 saturated heterocycles. The predicted octanol–water partition coefficient (Wildman–Crippen LogP) is 0.0545. The van der Waals surface area contributed by atoms with E-state index in [1.165, 1.54) is 4.90 Å². The van der Waals surface area contributed by atoms with Crippen molar-refractivity contribution in [2.75, 3.05) is 39.3 Å². The predicted molar refractivity (Wildman–Crippen MR) is 54.8 cm³/mol. The first-order valence-corrected chi connectivity index (χ1v) is 5.46. The van der Waals surface area contributed by atoms with Gasteiger partial charge in [-0.3, -0.25) is 4.90 Å². The summed E-state index contributed by atoms with van der Waals surface area (Å²) in [7, 11) is 0. The van der Waals surface area contributed by atoms with Crippen LogP contribution in [0.4, 0.5) is 4.79 Å². The fourth-order valence-electron chi connectivity index (χ4n) is 2.11. The third-order valence-corrected chi connectivity index (χ3v) is 3.49. The average molecular weight is 214 g/mol. The molecule has 1 aliphatic heterocycles. The minimum Gasteiger partial charge on any atom is -0.465 e. The molecule has 0 unspecified atom stereocenters. The molecule has 2 aliphatic rings. The molecular formula is C10H18N2O3. The van der Waals surface area contributed by atoms with Gasteiger partial charge in [-0.15, -0.1) is 0 Å². The molecule has 1 amide bonds. The van der Waals surface area contributed by atoms with Crippen molar-refractivity contribution in [1.82, 2.24) is 9.80 Å². The zero-order valence-corrected chi connectivity index (χ0v) is 8.85. The van der Waals surface area contributed by atoms with Crippen molar-refractivity contribution in [3.8, 4) is 0 Å². The van der Waals surface area contributed by atoms with Gasteiger partial charge in [0.1, 0.15) is 0 Å². The van der Waals surface area contributed by atoms with Gasteiger partial charge in [-0.1, -0.05) is 0 Å². The van der Waals surface area contributed by atoms with Crippen LogP contribution in [0.1, 0.15) is 12.8 Å². The summed E-state index contributed by atoms with van der Waals surface area (Å²) in [5.74, 6) is 0. The minimum absolute atomic E-state index is 0.144. The Bertz CT molecular complexity index is 245. The highest BCUT2D eigenvalue weighted by atomic mass is 16.4. The van der Waals surface area contributed by atoms with Gasteiger partial charge in [-0.2, -0.15) is 0 Å². The molecule has 0 bridgehead atoms. The van der Waals surface area contributed by atoms with Crippen LogP contribution in [0.5, 0.6) is 0 Å². The van der Waals surface area contributed by atoms with Gasteiger partial charge in [0.15, 0.2) is 0 Å². The van der Waals surface area contributed by atoms with Crippen LogP contribution in [-0.2, 0) is 0 Å². The summed E-state index contributed by atoms with van der Waals surface area (Å²) in [6.07, 6.45) is 1.41. The van der Waals surface area contributed by atoms with E-state index in [1.54, 1.807) is 0 Å². The molecule has 5 heteroatoms. The third kappa shape index (κ3) is 2.41. The molecular weight excluding hydrogens is 196 g/mol. The molecule has 2 fully saturated rings. The maximum Gasteiger partial charge on any atom is 0.407 e. The number of hydrogen-bond donors (Lipinski definition) is 2. The maximum atomic E-state index is 10.7. The topological polar surface area (TPSA) is 64.0 Å². The summed E-state index contributed by atoms with van der Waals surface area (Å²) < 4.78 is 0. The van der Waals surface area contributed by atoms with Crippen LogP contribution in [0.15, 0.2) is 0 Å². The molecule has 2 rings (SSSR count). The summed E-state index contributed by atoms with van der Waals surface area (Å²) in [5, 5.41) is 18.0. The number of carbonyl (C=O) groups is 1. The summed E-state index contributed by atoms with van der Waals surface area (Å²) in [5.41, 5.74) is 0.144. The number of aliphatic hydroxyl groups excluding tert-OH is 1. The van der Waals surface area contributed by atoms with E-state index >= 15 is 0 Å². The Labute approximate surface area is 89.3 Å². The lowest BCUT2D eigenvalue weighted by atomic mass is 10.1. The van der Waals surface area contributed by atoms with Crippen molar-refractivity contribution >= 4 is 6.09 Å². The lowest BCUT2D eigenvalue weighted by Gasteiger charge is -2.34. The second kappa shape index (κ2) is 3.98. The van der Waals surface area contributed by atoms with Crippen molar-refractivity contribution in [3.05, 3.63) is 0 Å². The Morgan fingerprint density at radius 3 is 2.20 bits per heavy atom. The minimum atomic E-state index is -0.821. The van der Waals surface area contributed by atoms with E-state index in [-0.39, 0.29) is 12.0 Å². The van der Waals surface area contributed by atoms with Gasteiger partial charge in [-0.25, -0.2) is 4.79 Å².